The molecule has 5 rings (SSSR count). The van der Waals surface area contributed by atoms with Crippen molar-refractivity contribution in [3.8, 4) is 39.3 Å². The van der Waals surface area contributed by atoms with Crippen LogP contribution in [0, 0.1) is 0 Å². The van der Waals surface area contributed by atoms with Gasteiger partial charge in [0.1, 0.15) is 15.6 Å². The maximum absolute atomic E-state index is 12.4. The number of ether oxygens (including phenoxy) is 5. The molecular weight excluding hydrogens is 358 g/mol. The van der Waals surface area contributed by atoms with E-state index in [4.69, 9.17) is 23.7 Å². The fraction of sp³-hybridized carbons (Fsp3) is 0.111. The zero-order chi connectivity index (χ0) is 17.5. The number of hydrogen-bond donors (Lipinski definition) is 0. The minimum atomic E-state index is -0.478. The van der Waals surface area contributed by atoms with Gasteiger partial charge in [-0.15, -0.1) is 11.3 Å². The Morgan fingerprint density at radius 2 is 1.62 bits per heavy atom. The van der Waals surface area contributed by atoms with Crippen molar-refractivity contribution in [3.63, 3.8) is 0 Å². The lowest BCUT2D eigenvalue weighted by Crippen LogP contribution is -2.06. The summed E-state index contributed by atoms with van der Waals surface area (Å²) in [6.45, 7) is 0.379. The number of benzene rings is 2. The van der Waals surface area contributed by atoms with E-state index in [1.165, 1.54) is 17.5 Å². The van der Waals surface area contributed by atoms with E-state index in [2.05, 4.69) is 4.98 Å². The van der Waals surface area contributed by atoms with Gasteiger partial charge in [-0.05, 0) is 30.3 Å². The lowest BCUT2D eigenvalue weighted by molar-refractivity contribution is 0.0739. The molecule has 0 saturated heterocycles. The van der Waals surface area contributed by atoms with E-state index in [-0.39, 0.29) is 13.6 Å². The summed E-state index contributed by atoms with van der Waals surface area (Å²) in [5.74, 6) is 2.47. The number of carbonyl (C=O) groups is 1. The molecule has 0 unspecified atom stereocenters. The number of thiazole rings is 1. The highest BCUT2D eigenvalue weighted by Gasteiger charge is 2.19. The number of rotatable bonds is 3. The maximum atomic E-state index is 12.4. The molecule has 7 nitrogen and oxygen atoms in total. The fourth-order valence-electron chi connectivity index (χ4n) is 2.63. The zero-order valence-corrected chi connectivity index (χ0v) is 14.1. The predicted molar refractivity (Wildman–Crippen MR) is 91.2 cm³/mol. The number of fused-ring (bicyclic) bond motifs is 2. The summed E-state index contributed by atoms with van der Waals surface area (Å²) in [5.41, 5.74) is 0.848. The third kappa shape index (κ3) is 2.60. The van der Waals surface area contributed by atoms with E-state index in [0.717, 1.165) is 5.56 Å². The lowest BCUT2D eigenvalue weighted by Gasteiger charge is -2.03. The van der Waals surface area contributed by atoms with Crippen LogP contribution in [0.4, 0.5) is 0 Å². The molecule has 2 aromatic carbocycles. The second-order valence-electron chi connectivity index (χ2n) is 5.50. The number of esters is 1. The van der Waals surface area contributed by atoms with Crippen LogP contribution in [0.25, 0.3) is 10.6 Å². The van der Waals surface area contributed by atoms with Crippen LogP contribution in [0.5, 0.6) is 28.7 Å². The first-order valence-electron chi connectivity index (χ1n) is 7.74. The Labute approximate surface area is 151 Å². The van der Waals surface area contributed by atoms with Crippen molar-refractivity contribution in [1.29, 1.82) is 0 Å². The summed E-state index contributed by atoms with van der Waals surface area (Å²) in [6.07, 6.45) is 1.50. The van der Waals surface area contributed by atoms with Crippen LogP contribution in [-0.2, 0) is 0 Å². The maximum Gasteiger partial charge on any atom is 0.355 e. The first-order valence-corrected chi connectivity index (χ1v) is 8.55. The van der Waals surface area contributed by atoms with Crippen LogP contribution < -0.4 is 23.7 Å². The topological polar surface area (TPSA) is 76.1 Å². The van der Waals surface area contributed by atoms with Crippen LogP contribution in [0.1, 0.15) is 9.67 Å². The van der Waals surface area contributed by atoms with Gasteiger partial charge in [0.2, 0.25) is 13.6 Å². The molecule has 0 bridgehead atoms. The second-order valence-corrected chi connectivity index (χ2v) is 6.53. The largest absolute Gasteiger partial charge is 0.454 e. The molecule has 0 spiro atoms. The Balaban J connectivity index is 1.35. The van der Waals surface area contributed by atoms with Crippen molar-refractivity contribution in [3.05, 3.63) is 47.5 Å². The minimum absolute atomic E-state index is 0.167. The van der Waals surface area contributed by atoms with E-state index in [9.17, 15) is 4.79 Å². The molecule has 8 heteroatoms. The Morgan fingerprint density at radius 3 is 2.42 bits per heavy atom. The first kappa shape index (κ1) is 15.0. The Bertz CT molecular complexity index is 1010. The molecular formula is C18H11NO6S. The standard InChI is InChI=1S/C18H11NO6S/c20-18(25-11-2-4-13-15(6-11)24-9-22-13)16-7-19-17(26-16)10-1-3-12-14(5-10)23-8-21-12/h1-7H,8-9H2. The van der Waals surface area contributed by atoms with Crippen LogP contribution in [0.2, 0.25) is 0 Å². The van der Waals surface area contributed by atoms with Gasteiger partial charge in [-0.1, -0.05) is 0 Å². The minimum Gasteiger partial charge on any atom is -0.454 e. The Hall–Kier alpha value is -3.26. The van der Waals surface area contributed by atoms with Gasteiger partial charge in [0.05, 0.1) is 6.20 Å². The predicted octanol–water partition coefficient (Wildman–Crippen LogP) is 3.49. The van der Waals surface area contributed by atoms with Crippen molar-refractivity contribution in [2.75, 3.05) is 13.6 Å². The van der Waals surface area contributed by atoms with Crippen LogP contribution in [0.15, 0.2) is 42.6 Å². The third-order valence-electron chi connectivity index (χ3n) is 3.88. The Kier molecular flexibility index (Phi) is 3.42. The van der Waals surface area contributed by atoms with Gasteiger partial charge in [0.25, 0.3) is 0 Å². The van der Waals surface area contributed by atoms with Gasteiger partial charge in [-0.2, -0.15) is 0 Å². The highest BCUT2D eigenvalue weighted by atomic mass is 32.1. The van der Waals surface area contributed by atoms with E-state index < -0.39 is 5.97 Å². The van der Waals surface area contributed by atoms with Gasteiger partial charge < -0.3 is 23.7 Å². The van der Waals surface area contributed by atoms with Crippen molar-refractivity contribution in [2.24, 2.45) is 0 Å². The molecule has 0 radical (unpaired) electrons. The summed E-state index contributed by atoms with van der Waals surface area (Å²) in [4.78, 5) is 17.1. The molecule has 2 aliphatic heterocycles. The average molecular weight is 369 g/mol. The van der Waals surface area contributed by atoms with E-state index in [1.807, 2.05) is 18.2 Å². The molecule has 0 saturated carbocycles. The first-order chi connectivity index (χ1) is 12.8. The molecule has 130 valence electrons. The van der Waals surface area contributed by atoms with Gasteiger partial charge >= 0.3 is 5.97 Å². The van der Waals surface area contributed by atoms with E-state index in [1.54, 1.807) is 18.2 Å². The SMILES string of the molecule is O=C(Oc1ccc2c(c1)OCO2)c1cnc(-c2ccc3c(c2)OCO3)s1. The summed E-state index contributed by atoms with van der Waals surface area (Å²) >= 11 is 1.25. The molecule has 0 aliphatic carbocycles. The molecule has 26 heavy (non-hydrogen) atoms. The monoisotopic (exact) mass is 369 g/mol. The number of hydrogen-bond acceptors (Lipinski definition) is 8. The van der Waals surface area contributed by atoms with Gasteiger partial charge in [0.15, 0.2) is 23.0 Å². The van der Waals surface area contributed by atoms with Gasteiger partial charge in [-0.25, -0.2) is 9.78 Å². The number of nitrogens with zero attached hydrogens (tertiary/aromatic N) is 1. The molecule has 1 aromatic heterocycles. The van der Waals surface area contributed by atoms with Crippen molar-refractivity contribution >= 4 is 17.3 Å². The smallest absolute Gasteiger partial charge is 0.355 e. The molecule has 0 fully saturated rings. The van der Waals surface area contributed by atoms with Crippen molar-refractivity contribution in [1.82, 2.24) is 4.98 Å². The molecule has 2 aliphatic rings. The van der Waals surface area contributed by atoms with Crippen LogP contribution >= 0.6 is 11.3 Å². The normalized spacial score (nSPS) is 13.7. The summed E-state index contributed by atoms with van der Waals surface area (Å²) in [7, 11) is 0. The summed E-state index contributed by atoms with van der Waals surface area (Å²) in [6, 6.07) is 10.5. The zero-order valence-electron chi connectivity index (χ0n) is 13.3. The van der Waals surface area contributed by atoms with Crippen LogP contribution in [0.3, 0.4) is 0 Å². The molecule has 3 heterocycles. The highest BCUT2D eigenvalue weighted by molar-refractivity contribution is 7.16. The number of carbonyl (C=O) groups excluding carboxylic acids is 1. The summed E-state index contributed by atoms with van der Waals surface area (Å²) < 4.78 is 26.6. The second kappa shape index (κ2) is 5.92. The van der Waals surface area contributed by atoms with Gasteiger partial charge in [-0.3, -0.25) is 0 Å². The lowest BCUT2D eigenvalue weighted by atomic mass is 10.2. The van der Waals surface area contributed by atoms with E-state index >= 15 is 0 Å². The fourth-order valence-corrected chi connectivity index (χ4v) is 3.42. The van der Waals surface area contributed by atoms with Crippen molar-refractivity contribution in [2.45, 2.75) is 0 Å². The number of aromatic nitrogens is 1. The van der Waals surface area contributed by atoms with Crippen LogP contribution in [-0.4, -0.2) is 24.5 Å². The molecule has 0 amide bonds. The van der Waals surface area contributed by atoms with Gasteiger partial charge in [0, 0.05) is 11.6 Å². The Morgan fingerprint density at radius 1 is 0.923 bits per heavy atom. The third-order valence-corrected chi connectivity index (χ3v) is 4.91. The highest BCUT2D eigenvalue weighted by Crippen LogP contribution is 2.38. The van der Waals surface area contributed by atoms with E-state index in [0.29, 0.717) is 38.6 Å². The molecule has 0 N–H and O–H groups in total. The average Bonchev–Trinajstić information content (AvgIpc) is 3.39. The van der Waals surface area contributed by atoms with Crippen molar-refractivity contribution < 1.29 is 28.5 Å². The molecule has 3 aromatic rings. The molecule has 0 atom stereocenters. The summed E-state index contributed by atoms with van der Waals surface area (Å²) in [5, 5.41) is 0.695. The quantitative estimate of drug-likeness (QED) is 0.517.